The van der Waals surface area contributed by atoms with Crippen LogP contribution in [0.3, 0.4) is 0 Å². The van der Waals surface area contributed by atoms with Crippen molar-refractivity contribution in [3.05, 3.63) is 71.0 Å². The maximum absolute atomic E-state index is 12.5. The number of carbonyl (C=O) groups excluding carboxylic acids is 1. The van der Waals surface area contributed by atoms with Crippen molar-refractivity contribution in [1.82, 2.24) is 4.57 Å². The maximum atomic E-state index is 12.5. The van der Waals surface area contributed by atoms with Gasteiger partial charge in [-0.3, -0.25) is 4.79 Å². The van der Waals surface area contributed by atoms with Gasteiger partial charge in [0.2, 0.25) is 0 Å². The first-order valence-corrected chi connectivity index (χ1v) is 10.2. The van der Waals surface area contributed by atoms with Crippen molar-refractivity contribution in [3.8, 4) is 5.75 Å². The fourth-order valence-corrected chi connectivity index (χ4v) is 4.38. The SMILES string of the molecule is COCCn1c(=NC(=O)COc2ccc3ccccc3c2)sc2cc(C)ccc21. The van der Waals surface area contributed by atoms with Gasteiger partial charge >= 0.3 is 0 Å². The van der Waals surface area contributed by atoms with Gasteiger partial charge < -0.3 is 14.0 Å². The van der Waals surface area contributed by atoms with E-state index in [0.29, 0.717) is 23.7 Å². The summed E-state index contributed by atoms with van der Waals surface area (Å²) < 4.78 is 14.0. The molecule has 0 saturated carbocycles. The van der Waals surface area contributed by atoms with Crippen LogP contribution in [0.15, 0.2) is 65.7 Å². The van der Waals surface area contributed by atoms with Crippen LogP contribution in [0.25, 0.3) is 21.0 Å². The lowest BCUT2D eigenvalue weighted by atomic mass is 10.1. The lowest BCUT2D eigenvalue weighted by Gasteiger charge is -2.06. The zero-order chi connectivity index (χ0) is 20.2. The summed E-state index contributed by atoms with van der Waals surface area (Å²) in [6, 6.07) is 20.1. The topological polar surface area (TPSA) is 52.8 Å². The van der Waals surface area contributed by atoms with Crippen LogP contribution in [0.1, 0.15) is 5.56 Å². The zero-order valence-corrected chi connectivity index (χ0v) is 17.2. The second-order valence-corrected chi connectivity index (χ2v) is 7.81. The molecule has 0 unspecified atom stereocenters. The van der Waals surface area contributed by atoms with E-state index >= 15 is 0 Å². The number of methoxy groups -OCH3 is 1. The molecule has 4 aromatic rings. The molecule has 0 aliphatic rings. The first-order valence-electron chi connectivity index (χ1n) is 9.42. The second-order valence-electron chi connectivity index (χ2n) is 6.80. The number of fused-ring (bicyclic) bond motifs is 2. The van der Waals surface area contributed by atoms with E-state index < -0.39 is 0 Å². The zero-order valence-electron chi connectivity index (χ0n) is 16.4. The van der Waals surface area contributed by atoms with Gasteiger partial charge in [-0.15, -0.1) is 0 Å². The average molecular weight is 407 g/mol. The predicted octanol–water partition coefficient (Wildman–Crippen LogP) is 4.32. The molecule has 0 bridgehead atoms. The minimum atomic E-state index is -0.312. The molecule has 3 aromatic carbocycles. The fraction of sp³-hybridized carbons (Fsp3) is 0.217. The molecular formula is C23H22N2O3S. The number of hydrogen-bond acceptors (Lipinski definition) is 4. The summed E-state index contributed by atoms with van der Waals surface area (Å²) in [6.07, 6.45) is 0. The monoisotopic (exact) mass is 406 g/mol. The van der Waals surface area contributed by atoms with Gasteiger partial charge in [0.15, 0.2) is 11.4 Å². The Labute approximate surface area is 172 Å². The third-order valence-electron chi connectivity index (χ3n) is 4.66. The molecule has 0 saturated heterocycles. The molecule has 5 nitrogen and oxygen atoms in total. The summed E-state index contributed by atoms with van der Waals surface area (Å²) in [7, 11) is 1.67. The van der Waals surface area contributed by atoms with Crippen molar-refractivity contribution in [3.63, 3.8) is 0 Å². The van der Waals surface area contributed by atoms with Crippen molar-refractivity contribution in [2.75, 3.05) is 20.3 Å². The molecule has 0 fully saturated rings. The first kappa shape index (κ1) is 19.4. The van der Waals surface area contributed by atoms with E-state index in [-0.39, 0.29) is 12.5 Å². The number of rotatable bonds is 6. The number of amides is 1. The number of aromatic nitrogens is 1. The molecule has 0 aliphatic heterocycles. The molecule has 1 aromatic heterocycles. The summed E-state index contributed by atoms with van der Waals surface area (Å²) in [5.74, 6) is 0.346. The predicted molar refractivity (Wildman–Crippen MR) is 116 cm³/mol. The van der Waals surface area contributed by atoms with Gasteiger partial charge in [0.05, 0.1) is 16.8 Å². The standard InChI is InChI=1S/C23H22N2O3S/c1-16-7-10-20-21(13-16)29-23(25(20)11-12-27-2)24-22(26)15-28-19-9-8-17-5-3-4-6-18(17)14-19/h3-10,13-14H,11-12,15H2,1-2H3. The van der Waals surface area contributed by atoms with Gasteiger partial charge in [-0.1, -0.05) is 47.7 Å². The highest BCUT2D eigenvalue weighted by Crippen LogP contribution is 2.21. The number of ether oxygens (including phenoxy) is 2. The van der Waals surface area contributed by atoms with Gasteiger partial charge in [0.1, 0.15) is 5.75 Å². The molecule has 6 heteroatoms. The summed E-state index contributed by atoms with van der Waals surface area (Å²) in [6.45, 7) is 3.14. The number of carbonyl (C=O) groups is 1. The molecule has 0 aliphatic carbocycles. The summed E-state index contributed by atoms with van der Waals surface area (Å²) in [5, 5.41) is 2.21. The van der Waals surface area contributed by atoms with Crippen LogP contribution in [0.5, 0.6) is 5.75 Å². The van der Waals surface area contributed by atoms with Gasteiger partial charge in [-0.2, -0.15) is 4.99 Å². The lowest BCUT2D eigenvalue weighted by molar-refractivity contribution is -0.120. The van der Waals surface area contributed by atoms with E-state index in [1.54, 1.807) is 7.11 Å². The quantitative estimate of drug-likeness (QED) is 0.479. The molecule has 0 radical (unpaired) electrons. The Bertz CT molecular complexity index is 1240. The highest BCUT2D eigenvalue weighted by molar-refractivity contribution is 7.16. The number of thiazole rings is 1. The van der Waals surface area contributed by atoms with Crippen molar-refractivity contribution in [1.29, 1.82) is 0 Å². The molecule has 1 heterocycles. The maximum Gasteiger partial charge on any atom is 0.286 e. The van der Waals surface area contributed by atoms with Gasteiger partial charge in [0, 0.05) is 13.7 Å². The number of benzene rings is 3. The van der Waals surface area contributed by atoms with Crippen molar-refractivity contribution < 1.29 is 14.3 Å². The second kappa shape index (κ2) is 8.59. The first-order chi connectivity index (χ1) is 14.1. The van der Waals surface area contributed by atoms with Crippen molar-refractivity contribution in [2.45, 2.75) is 13.5 Å². The third-order valence-corrected chi connectivity index (χ3v) is 5.70. The van der Waals surface area contributed by atoms with Crippen LogP contribution in [0, 0.1) is 6.92 Å². The van der Waals surface area contributed by atoms with Crippen molar-refractivity contribution in [2.24, 2.45) is 4.99 Å². The smallest absolute Gasteiger partial charge is 0.286 e. The Kier molecular flexibility index (Phi) is 5.74. The highest BCUT2D eigenvalue weighted by atomic mass is 32.1. The molecular weight excluding hydrogens is 384 g/mol. The molecule has 0 spiro atoms. The number of nitrogens with zero attached hydrogens (tertiary/aromatic N) is 2. The normalized spacial score (nSPS) is 12.0. The molecule has 4 rings (SSSR count). The Balaban J connectivity index is 1.57. The Morgan fingerprint density at radius 3 is 2.72 bits per heavy atom. The number of hydrogen-bond donors (Lipinski definition) is 0. The minimum absolute atomic E-state index is 0.101. The van der Waals surface area contributed by atoms with Gasteiger partial charge in [-0.05, 0) is 47.5 Å². The van der Waals surface area contributed by atoms with Crippen molar-refractivity contribution >= 4 is 38.2 Å². The van der Waals surface area contributed by atoms with Crippen LogP contribution in [0.2, 0.25) is 0 Å². The van der Waals surface area contributed by atoms with Crippen LogP contribution in [0.4, 0.5) is 0 Å². The van der Waals surface area contributed by atoms with Crippen LogP contribution in [-0.2, 0) is 16.1 Å². The van der Waals surface area contributed by atoms with E-state index in [1.807, 2.05) is 47.0 Å². The van der Waals surface area contributed by atoms with Crippen LogP contribution >= 0.6 is 11.3 Å². The van der Waals surface area contributed by atoms with E-state index in [1.165, 1.54) is 16.9 Å². The van der Waals surface area contributed by atoms with E-state index in [9.17, 15) is 4.79 Å². The Hall–Kier alpha value is -2.96. The van der Waals surface area contributed by atoms with Gasteiger partial charge in [-0.25, -0.2) is 0 Å². The lowest BCUT2D eigenvalue weighted by Crippen LogP contribution is -2.21. The van der Waals surface area contributed by atoms with Crippen LogP contribution in [-0.4, -0.2) is 30.8 Å². The molecule has 0 N–H and O–H groups in total. The molecule has 148 valence electrons. The molecule has 0 atom stereocenters. The largest absolute Gasteiger partial charge is 0.484 e. The minimum Gasteiger partial charge on any atom is -0.484 e. The number of aryl methyl sites for hydroxylation is 1. The van der Waals surface area contributed by atoms with E-state index in [2.05, 4.69) is 30.1 Å². The van der Waals surface area contributed by atoms with Gasteiger partial charge in [0.25, 0.3) is 5.91 Å². The highest BCUT2D eigenvalue weighted by Gasteiger charge is 2.09. The Morgan fingerprint density at radius 2 is 1.90 bits per heavy atom. The van der Waals surface area contributed by atoms with E-state index in [0.717, 1.165) is 21.0 Å². The summed E-state index contributed by atoms with van der Waals surface area (Å²) in [4.78, 5) is 17.5. The Morgan fingerprint density at radius 1 is 1.07 bits per heavy atom. The van der Waals surface area contributed by atoms with Crippen LogP contribution < -0.4 is 9.54 Å². The van der Waals surface area contributed by atoms with E-state index in [4.69, 9.17) is 9.47 Å². The molecule has 1 amide bonds. The molecule has 29 heavy (non-hydrogen) atoms. The summed E-state index contributed by atoms with van der Waals surface area (Å²) in [5.41, 5.74) is 2.23. The average Bonchev–Trinajstić information content (AvgIpc) is 3.06. The summed E-state index contributed by atoms with van der Waals surface area (Å²) >= 11 is 1.50. The third kappa shape index (κ3) is 4.39. The fourth-order valence-electron chi connectivity index (χ4n) is 3.21.